The van der Waals surface area contributed by atoms with Gasteiger partial charge >= 0.3 is 0 Å². The van der Waals surface area contributed by atoms with E-state index in [1.54, 1.807) is 0 Å². The number of hydrogen-bond acceptors (Lipinski definition) is 2. The lowest BCUT2D eigenvalue weighted by atomic mass is 10.0. The molecule has 1 amide bonds. The summed E-state index contributed by atoms with van der Waals surface area (Å²) in [5.74, 6) is 0.198. The maximum Gasteiger partial charge on any atom is 0.251 e. The molecular weight excluding hydrogens is 258 g/mol. The van der Waals surface area contributed by atoms with Crippen LogP contribution in [0.3, 0.4) is 0 Å². The molecule has 0 aromatic heterocycles. The van der Waals surface area contributed by atoms with Gasteiger partial charge in [-0.25, -0.2) is 0 Å². The third-order valence-electron chi connectivity index (χ3n) is 3.31. The van der Waals surface area contributed by atoms with Crippen LogP contribution < -0.4 is 0 Å². The van der Waals surface area contributed by atoms with Gasteiger partial charge in [0.1, 0.15) is 6.10 Å². The van der Waals surface area contributed by atoms with Crippen molar-refractivity contribution in [1.82, 2.24) is 4.90 Å². The lowest BCUT2D eigenvalue weighted by Gasteiger charge is -2.37. The van der Waals surface area contributed by atoms with E-state index in [0.29, 0.717) is 10.9 Å². The third-order valence-corrected chi connectivity index (χ3v) is 4.06. The molecule has 2 saturated heterocycles. The standard InChI is InChI=1S/C11H18BrNO2/c1-8-4-5-9(12)7-13(8)11(14)10-3-2-6-15-10/h8-10H,2-7H2,1H3. The van der Waals surface area contributed by atoms with E-state index in [2.05, 4.69) is 22.9 Å². The molecule has 2 fully saturated rings. The first-order chi connectivity index (χ1) is 7.18. The van der Waals surface area contributed by atoms with Gasteiger partial charge in [-0.15, -0.1) is 0 Å². The maximum atomic E-state index is 12.1. The van der Waals surface area contributed by atoms with Crippen LogP contribution >= 0.6 is 15.9 Å². The Balaban J connectivity index is 1.97. The first kappa shape index (κ1) is 11.4. The van der Waals surface area contributed by atoms with Crippen LogP contribution in [-0.4, -0.2) is 40.9 Å². The SMILES string of the molecule is CC1CCC(Br)CN1C(=O)C1CCCO1. The number of hydrogen-bond donors (Lipinski definition) is 0. The number of amides is 1. The normalized spacial score (nSPS) is 36.9. The Labute approximate surface area is 99.3 Å². The zero-order chi connectivity index (χ0) is 10.8. The minimum atomic E-state index is -0.162. The number of rotatable bonds is 1. The minimum absolute atomic E-state index is 0.162. The van der Waals surface area contributed by atoms with Crippen LogP contribution in [0.2, 0.25) is 0 Å². The number of carbonyl (C=O) groups is 1. The van der Waals surface area contributed by atoms with Crippen molar-refractivity contribution in [3.05, 3.63) is 0 Å². The summed E-state index contributed by atoms with van der Waals surface area (Å²) in [5, 5.41) is 0. The van der Waals surface area contributed by atoms with Gasteiger partial charge in [-0.05, 0) is 32.6 Å². The van der Waals surface area contributed by atoms with Crippen LogP contribution in [-0.2, 0) is 9.53 Å². The van der Waals surface area contributed by atoms with Gasteiger partial charge in [0.25, 0.3) is 5.91 Å². The highest BCUT2D eigenvalue weighted by atomic mass is 79.9. The summed E-state index contributed by atoms with van der Waals surface area (Å²) in [4.78, 5) is 14.6. The predicted octanol–water partition coefficient (Wildman–Crippen LogP) is 1.94. The summed E-state index contributed by atoms with van der Waals surface area (Å²) in [6.45, 7) is 3.71. The number of alkyl halides is 1. The zero-order valence-electron chi connectivity index (χ0n) is 9.12. The summed E-state index contributed by atoms with van der Waals surface area (Å²) < 4.78 is 5.45. The highest BCUT2D eigenvalue weighted by Gasteiger charge is 2.33. The highest BCUT2D eigenvalue weighted by Crippen LogP contribution is 2.25. The maximum absolute atomic E-state index is 12.1. The smallest absolute Gasteiger partial charge is 0.251 e. The summed E-state index contributed by atoms with van der Waals surface area (Å²) in [7, 11) is 0. The molecule has 0 aromatic rings. The molecule has 2 rings (SSSR count). The molecule has 0 aromatic carbocycles. The Morgan fingerprint density at radius 2 is 2.20 bits per heavy atom. The third kappa shape index (κ3) is 2.53. The van der Waals surface area contributed by atoms with E-state index in [9.17, 15) is 4.79 Å². The summed E-state index contributed by atoms with van der Waals surface area (Å²) >= 11 is 3.60. The van der Waals surface area contributed by atoms with Crippen LogP contribution in [0.25, 0.3) is 0 Å². The molecule has 0 radical (unpaired) electrons. The molecule has 0 aliphatic carbocycles. The van der Waals surface area contributed by atoms with E-state index in [1.165, 1.54) is 0 Å². The molecule has 2 aliphatic heterocycles. The molecule has 3 atom stereocenters. The van der Waals surface area contributed by atoms with Crippen LogP contribution in [0.1, 0.15) is 32.6 Å². The van der Waals surface area contributed by atoms with Crippen molar-refractivity contribution in [2.24, 2.45) is 0 Å². The number of halogens is 1. The van der Waals surface area contributed by atoms with Gasteiger partial charge in [-0.3, -0.25) is 4.79 Å². The monoisotopic (exact) mass is 275 g/mol. The number of ether oxygens (including phenoxy) is 1. The highest BCUT2D eigenvalue weighted by molar-refractivity contribution is 9.09. The van der Waals surface area contributed by atoms with E-state index < -0.39 is 0 Å². The zero-order valence-corrected chi connectivity index (χ0v) is 10.7. The molecule has 0 saturated carbocycles. The van der Waals surface area contributed by atoms with E-state index in [-0.39, 0.29) is 12.0 Å². The molecule has 15 heavy (non-hydrogen) atoms. The molecule has 2 aliphatic rings. The number of nitrogens with zero attached hydrogens (tertiary/aromatic N) is 1. The van der Waals surface area contributed by atoms with Gasteiger partial charge < -0.3 is 9.64 Å². The first-order valence-electron chi connectivity index (χ1n) is 5.74. The second kappa shape index (κ2) is 4.83. The van der Waals surface area contributed by atoms with Crippen LogP contribution in [0.4, 0.5) is 0 Å². The average molecular weight is 276 g/mol. The Morgan fingerprint density at radius 1 is 1.40 bits per heavy atom. The van der Waals surface area contributed by atoms with Crippen molar-refractivity contribution in [1.29, 1.82) is 0 Å². The van der Waals surface area contributed by atoms with Crippen molar-refractivity contribution >= 4 is 21.8 Å². The van der Waals surface area contributed by atoms with Gasteiger partial charge in [-0.1, -0.05) is 15.9 Å². The van der Waals surface area contributed by atoms with Gasteiger partial charge in [0.15, 0.2) is 0 Å². The number of likely N-dealkylation sites (tertiary alicyclic amines) is 1. The largest absolute Gasteiger partial charge is 0.368 e. The minimum Gasteiger partial charge on any atom is -0.368 e. The second-order valence-corrected chi connectivity index (χ2v) is 5.81. The molecular formula is C11H18BrNO2. The van der Waals surface area contributed by atoms with Crippen LogP contribution in [0.5, 0.6) is 0 Å². The van der Waals surface area contributed by atoms with E-state index in [1.807, 2.05) is 4.90 Å². The van der Waals surface area contributed by atoms with Gasteiger partial charge in [0.05, 0.1) is 0 Å². The van der Waals surface area contributed by atoms with E-state index >= 15 is 0 Å². The fourth-order valence-electron chi connectivity index (χ4n) is 2.33. The Morgan fingerprint density at radius 3 is 2.87 bits per heavy atom. The summed E-state index contributed by atoms with van der Waals surface area (Å²) in [6, 6.07) is 0.371. The predicted molar refractivity (Wildman–Crippen MR) is 62.1 cm³/mol. The Kier molecular flexibility index (Phi) is 3.67. The quantitative estimate of drug-likeness (QED) is 0.685. The first-order valence-corrected chi connectivity index (χ1v) is 6.66. The molecule has 86 valence electrons. The van der Waals surface area contributed by atoms with Crippen molar-refractivity contribution in [2.45, 2.75) is 49.6 Å². The summed E-state index contributed by atoms with van der Waals surface area (Å²) in [6.07, 6.45) is 4.02. The molecule has 0 bridgehead atoms. The lowest BCUT2D eigenvalue weighted by molar-refractivity contribution is -0.144. The molecule has 0 N–H and O–H groups in total. The number of piperidine rings is 1. The Hall–Kier alpha value is -0.0900. The van der Waals surface area contributed by atoms with Gasteiger partial charge in [0, 0.05) is 24.0 Å². The average Bonchev–Trinajstić information content (AvgIpc) is 2.74. The molecule has 4 heteroatoms. The topological polar surface area (TPSA) is 29.5 Å². The molecule has 2 heterocycles. The van der Waals surface area contributed by atoms with Crippen molar-refractivity contribution in [3.8, 4) is 0 Å². The van der Waals surface area contributed by atoms with E-state index in [4.69, 9.17) is 4.74 Å². The molecule has 3 nitrogen and oxygen atoms in total. The van der Waals surface area contributed by atoms with Crippen molar-refractivity contribution < 1.29 is 9.53 Å². The Bertz CT molecular complexity index is 241. The lowest BCUT2D eigenvalue weighted by Crippen LogP contribution is -2.49. The number of carbonyl (C=O) groups excluding carboxylic acids is 1. The van der Waals surface area contributed by atoms with E-state index in [0.717, 1.165) is 38.8 Å². The van der Waals surface area contributed by atoms with Gasteiger partial charge in [-0.2, -0.15) is 0 Å². The second-order valence-electron chi connectivity index (χ2n) is 4.52. The fourth-order valence-corrected chi connectivity index (χ4v) is 2.90. The van der Waals surface area contributed by atoms with Crippen molar-refractivity contribution in [2.75, 3.05) is 13.2 Å². The molecule has 3 unspecified atom stereocenters. The molecule has 0 spiro atoms. The van der Waals surface area contributed by atoms with Crippen LogP contribution in [0.15, 0.2) is 0 Å². The summed E-state index contributed by atoms with van der Waals surface area (Å²) in [5.41, 5.74) is 0. The fraction of sp³-hybridized carbons (Fsp3) is 0.909. The van der Waals surface area contributed by atoms with Crippen molar-refractivity contribution in [3.63, 3.8) is 0 Å². The van der Waals surface area contributed by atoms with Gasteiger partial charge in [0.2, 0.25) is 0 Å². The van der Waals surface area contributed by atoms with Crippen LogP contribution in [0, 0.1) is 0 Å².